The number of aliphatic carboxylic acids is 2. The fraction of sp³-hybridized carbons (Fsp3) is 0.467. The molecule has 7 heteroatoms. The first-order chi connectivity index (χ1) is 10.2. The Bertz CT molecular complexity index is 583. The Morgan fingerprint density at radius 2 is 1.86 bits per heavy atom. The summed E-state index contributed by atoms with van der Waals surface area (Å²) in [6, 6.07) is 7.27. The molecule has 0 heterocycles. The highest BCUT2D eigenvalue weighted by Crippen LogP contribution is 2.47. The van der Waals surface area contributed by atoms with Gasteiger partial charge in [0.25, 0.3) is 0 Å². The largest absolute Gasteiger partial charge is 0.481 e. The van der Waals surface area contributed by atoms with Crippen LogP contribution in [-0.4, -0.2) is 33.2 Å². The second-order valence-electron chi connectivity index (χ2n) is 5.33. The number of carboxylic acid groups (broad SMARTS) is 2. The van der Waals surface area contributed by atoms with E-state index in [2.05, 4.69) is 0 Å². The van der Waals surface area contributed by atoms with E-state index in [0.717, 1.165) is 12.0 Å². The van der Waals surface area contributed by atoms with Gasteiger partial charge in [0.15, 0.2) is 0 Å². The van der Waals surface area contributed by atoms with E-state index in [1.807, 2.05) is 19.1 Å². The molecular formula is C15H21O6P. The van der Waals surface area contributed by atoms with Crippen molar-refractivity contribution in [3.63, 3.8) is 0 Å². The fourth-order valence-electron chi connectivity index (χ4n) is 2.23. The maximum absolute atomic E-state index is 12.3. The van der Waals surface area contributed by atoms with Gasteiger partial charge in [0, 0.05) is 18.7 Å². The number of rotatable bonds is 9. The first-order valence-electron chi connectivity index (χ1n) is 7.06. The number of benzene rings is 1. The SMILES string of the molecule is CCc1cccc(CP(=O)(O)CC(CCC(=O)O)C(=O)O)c1. The van der Waals surface area contributed by atoms with E-state index in [1.54, 1.807) is 12.1 Å². The summed E-state index contributed by atoms with van der Waals surface area (Å²) in [6.07, 6.45) is -0.184. The molecule has 0 fully saturated rings. The Balaban J connectivity index is 2.76. The van der Waals surface area contributed by atoms with Gasteiger partial charge < -0.3 is 15.1 Å². The molecule has 0 amide bonds. The summed E-state index contributed by atoms with van der Waals surface area (Å²) in [4.78, 5) is 31.7. The van der Waals surface area contributed by atoms with Crippen molar-refractivity contribution in [2.24, 2.45) is 5.92 Å². The van der Waals surface area contributed by atoms with Crippen molar-refractivity contribution in [3.8, 4) is 0 Å². The summed E-state index contributed by atoms with van der Waals surface area (Å²) in [5.74, 6) is -3.48. The van der Waals surface area contributed by atoms with Crippen molar-refractivity contribution >= 4 is 19.3 Å². The van der Waals surface area contributed by atoms with Crippen molar-refractivity contribution in [1.82, 2.24) is 0 Å². The molecule has 22 heavy (non-hydrogen) atoms. The predicted molar refractivity (Wildman–Crippen MR) is 82.2 cm³/mol. The average molecular weight is 328 g/mol. The second kappa shape index (κ2) is 8.11. The second-order valence-corrected chi connectivity index (χ2v) is 7.70. The molecule has 1 rings (SSSR count). The smallest absolute Gasteiger partial charge is 0.307 e. The van der Waals surface area contributed by atoms with Gasteiger partial charge in [-0.1, -0.05) is 31.2 Å². The molecule has 6 nitrogen and oxygen atoms in total. The van der Waals surface area contributed by atoms with Crippen LogP contribution in [0.15, 0.2) is 24.3 Å². The van der Waals surface area contributed by atoms with E-state index in [-0.39, 0.29) is 19.0 Å². The molecule has 2 atom stereocenters. The number of carboxylic acids is 2. The maximum Gasteiger partial charge on any atom is 0.307 e. The van der Waals surface area contributed by atoms with Crippen LogP contribution in [0.3, 0.4) is 0 Å². The molecule has 122 valence electrons. The first kappa shape index (κ1) is 18.4. The number of aryl methyl sites for hydroxylation is 1. The van der Waals surface area contributed by atoms with E-state index >= 15 is 0 Å². The molecule has 0 bridgehead atoms. The number of hydrogen-bond donors (Lipinski definition) is 3. The monoisotopic (exact) mass is 328 g/mol. The molecule has 1 aromatic rings. The molecule has 0 aliphatic heterocycles. The summed E-state index contributed by atoms with van der Waals surface area (Å²) in [7, 11) is -3.69. The lowest BCUT2D eigenvalue weighted by atomic mass is 10.1. The Kier molecular flexibility index (Phi) is 6.78. The molecule has 0 aliphatic rings. The van der Waals surface area contributed by atoms with Crippen LogP contribution in [0.5, 0.6) is 0 Å². The van der Waals surface area contributed by atoms with E-state index in [0.29, 0.717) is 5.56 Å². The minimum Gasteiger partial charge on any atom is -0.481 e. The lowest BCUT2D eigenvalue weighted by molar-refractivity contribution is -0.142. The van der Waals surface area contributed by atoms with Crippen LogP contribution in [0.4, 0.5) is 0 Å². The highest BCUT2D eigenvalue weighted by atomic mass is 31.2. The Morgan fingerprint density at radius 3 is 2.41 bits per heavy atom. The van der Waals surface area contributed by atoms with E-state index in [4.69, 9.17) is 10.2 Å². The quantitative estimate of drug-likeness (QED) is 0.601. The summed E-state index contributed by atoms with van der Waals surface area (Å²) < 4.78 is 12.3. The van der Waals surface area contributed by atoms with Crippen LogP contribution in [0.2, 0.25) is 0 Å². The van der Waals surface area contributed by atoms with Gasteiger partial charge in [-0.2, -0.15) is 0 Å². The van der Waals surface area contributed by atoms with Crippen molar-refractivity contribution in [3.05, 3.63) is 35.4 Å². The first-order valence-corrected chi connectivity index (χ1v) is 9.09. The van der Waals surface area contributed by atoms with Crippen molar-refractivity contribution in [2.45, 2.75) is 32.3 Å². The van der Waals surface area contributed by atoms with Crippen LogP contribution >= 0.6 is 7.37 Å². The Hall–Kier alpha value is -1.65. The van der Waals surface area contributed by atoms with Crippen molar-refractivity contribution < 1.29 is 29.3 Å². The fourth-order valence-corrected chi connectivity index (χ4v) is 4.16. The summed E-state index contributed by atoms with van der Waals surface area (Å²) in [5.41, 5.74) is 1.73. The predicted octanol–water partition coefficient (Wildman–Crippen LogP) is 2.58. The minimum atomic E-state index is -3.69. The minimum absolute atomic E-state index is 0.0995. The zero-order chi connectivity index (χ0) is 16.8. The third-order valence-corrected chi connectivity index (χ3v) is 5.26. The van der Waals surface area contributed by atoms with E-state index in [1.165, 1.54) is 0 Å². The van der Waals surface area contributed by atoms with Gasteiger partial charge in [-0.05, 0) is 24.0 Å². The van der Waals surface area contributed by atoms with E-state index in [9.17, 15) is 19.0 Å². The summed E-state index contributed by atoms with van der Waals surface area (Å²) in [6.45, 7) is 1.98. The molecule has 2 unspecified atom stereocenters. The zero-order valence-electron chi connectivity index (χ0n) is 12.4. The summed E-state index contributed by atoms with van der Waals surface area (Å²) >= 11 is 0. The molecule has 0 radical (unpaired) electrons. The number of hydrogen-bond acceptors (Lipinski definition) is 3. The van der Waals surface area contributed by atoms with Gasteiger partial charge in [0.2, 0.25) is 7.37 Å². The third-order valence-electron chi connectivity index (χ3n) is 3.39. The molecular weight excluding hydrogens is 307 g/mol. The number of carbonyl (C=O) groups is 2. The van der Waals surface area contributed by atoms with Crippen LogP contribution in [-0.2, 0) is 26.7 Å². The van der Waals surface area contributed by atoms with Crippen LogP contribution in [0, 0.1) is 5.92 Å². The molecule has 0 saturated heterocycles. The van der Waals surface area contributed by atoms with Gasteiger partial charge in [0.1, 0.15) is 0 Å². The van der Waals surface area contributed by atoms with Gasteiger partial charge in [-0.3, -0.25) is 14.2 Å². The lowest BCUT2D eigenvalue weighted by Gasteiger charge is -2.17. The average Bonchev–Trinajstić information content (AvgIpc) is 2.42. The molecule has 0 saturated carbocycles. The van der Waals surface area contributed by atoms with Gasteiger partial charge in [-0.25, -0.2) is 0 Å². The Labute approximate surface area is 129 Å². The molecule has 0 aliphatic carbocycles. The maximum atomic E-state index is 12.3. The van der Waals surface area contributed by atoms with Gasteiger partial charge in [-0.15, -0.1) is 0 Å². The molecule has 0 aromatic heterocycles. The van der Waals surface area contributed by atoms with Crippen LogP contribution in [0.1, 0.15) is 30.9 Å². The van der Waals surface area contributed by atoms with Crippen LogP contribution in [0.25, 0.3) is 0 Å². The molecule has 1 aromatic carbocycles. The highest BCUT2D eigenvalue weighted by Gasteiger charge is 2.29. The molecule has 3 N–H and O–H groups in total. The van der Waals surface area contributed by atoms with E-state index < -0.39 is 31.4 Å². The normalized spacial score (nSPS) is 15.0. The summed E-state index contributed by atoms with van der Waals surface area (Å²) in [5, 5.41) is 17.7. The van der Waals surface area contributed by atoms with Crippen molar-refractivity contribution in [1.29, 1.82) is 0 Å². The van der Waals surface area contributed by atoms with Gasteiger partial charge in [0.05, 0.1) is 5.92 Å². The van der Waals surface area contributed by atoms with Crippen molar-refractivity contribution in [2.75, 3.05) is 6.16 Å². The third kappa shape index (κ3) is 6.41. The highest BCUT2D eigenvalue weighted by molar-refractivity contribution is 7.57. The lowest BCUT2D eigenvalue weighted by Crippen LogP contribution is -2.19. The molecule has 0 spiro atoms. The topological polar surface area (TPSA) is 112 Å². The van der Waals surface area contributed by atoms with Crippen LogP contribution < -0.4 is 0 Å². The Morgan fingerprint density at radius 1 is 1.23 bits per heavy atom. The zero-order valence-corrected chi connectivity index (χ0v) is 13.3. The standard InChI is InChI=1S/C15H21O6P/c1-2-11-4-3-5-12(8-11)9-22(20,21)10-13(15(18)19)6-7-14(16)17/h3-5,8,13H,2,6-7,9-10H2,1H3,(H,16,17)(H,18,19)(H,20,21). The van der Waals surface area contributed by atoms with Gasteiger partial charge >= 0.3 is 11.9 Å².